The lowest BCUT2D eigenvalue weighted by Gasteiger charge is -2.17. The number of ether oxygens (including phenoxy) is 3. The van der Waals surface area contributed by atoms with Gasteiger partial charge in [0.25, 0.3) is 0 Å². The lowest BCUT2D eigenvalue weighted by molar-refractivity contribution is -0.138. The lowest BCUT2D eigenvalue weighted by atomic mass is 10.0. The van der Waals surface area contributed by atoms with Crippen molar-refractivity contribution in [2.45, 2.75) is 25.6 Å². The van der Waals surface area contributed by atoms with Gasteiger partial charge in [-0.25, -0.2) is 0 Å². The first-order valence-electron chi connectivity index (χ1n) is 6.28. The molecule has 1 aromatic rings. The Morgan fingerprint density at radius 1 is 1.15 bits per heavy atom. The van der Waals surface area contributed by atoms with Crippen LogP contribution in [0.25, 0.3) is 0 Å². The van der Waals surface area contributed by atoms with Crippen molar-refractivity contribution in [3.63, 3.8) is 0 Å². The van der Waals surface area contributed by atoms with Crippen LogP contribution >= 0.6 is 0 Å². The molecule has 0 fully saturated rings. The average Bonchev–Trinajstić information content (AvgIpc) is 2.38. The molecule has 0 aliphatic heterocycles. The van der Waals surface area contributed by atoms with E-state index in [0.29, 0.717) is 13.2 Å². The molecule has 0 saturated heterocycles. The van der Waals surface area contributed by atoms with Crippen LogP contribution in [0.1, 0.15) is 18.1 Å². The molecular formula is C14H19F3O3. The van der Waals surface area contributed by atoms with Crippen LogP contribution in [0, 0.1) is 0 Å². The molecule has 0 heterocycles. The fourth-order valence-electron chi connectivity index (χ4n) is 1.71. The van der Waals surface area contributed by atoms with Gasteiger partial charge >= 0.3 is 6.18 Å². The predicted molar refractivity (Wildman–Crippen MR) is 68.4 cm³/mol. The highest BCUT2D eigenvalue weighted by molar-refractivity contribution is 5.30. The van der Waals surface area contributed by atoms with E-state index in [1.165, 1.54) is 12.1 Å². The molecule has 0 amide bonds. The summed E-state index contributed by atoms with van der Waals surface area (Å²) in [6.45, 7) is 2.60. The lowest BCUT2D eigenvalue weighted by Crippen LogP contribution is -2.18. The van der Waals surface area contributed by atoms with Gasteiger partial charge in [-0.05, 0) is 25.0 Å². The second-order valence-electron chi connectivity index (χ2n) is 4.36. The highest BCUT2D eigenvalue weighted by Gasteiger charge is 2.33. The molecule has 0 radical (unpaired) electrons. The number of benzene rings is 1. The van der Waals surface area contributed by atoms with Crippen LogP contribution in [0.2, 0.25) is 0 Å². The quantitative estimate of drug-likeness (QED) is 0.543. The van der Waals surface area contributed by atoms with Crippen molar-refractivity contribution in [1.82, 2.24) is 0 Å². The minimum absolute atomic E-state index is 0.0404. The van der Waals surface area contributed by atoms with Gasteiger partial charge in [0.1, 0.15) is 6.79 Å². The highest BCUT2D eigenvalue weighted by atomic mass is 19.4. The van der Waals surface area contributed by atoms with Crippen LogP contribution in [-0.4, -0.2) is 33.2 Å². The van der Waals surface area contributed by atoms with Crippen molar-refractivity contribution in [2.24, 2.45) is 0 Å². The summed E-state index contributed by atoms with van der Waals surface area (Å²) in [7, 11) is 1.56. The minimum Gasteiger partial charge on any atom is -0.382 e. The van der Waals surface area contributed by atoms with E-state index in [0.717, 1.165) is 6.07 Å². The Morgan fingerprint density at radius 2 is 1.85 bits per heavy atom. The summed E-state index contributed by atoms with van der Waals surface area (Å²) >= 11 is 0. The number of methoxy groups -OCH3 is 1. The van der Waals surface area contributed by atoms with Gasteiger partial charge in [0, 0.05) is 7.11 Å². The van der Waals surface area contributed by atoms with E-state index in [9.17, 15) is 13.2 Å². The van der Waals surface area contributed by atoms with Crippen molar-refractivity contribution in [2.75, 3.05) is 27.1 Å². The zero-order chi connectivity index (χ0) is 15.0. The molecule has 3 nitrogen and oxygen atoms in total. The van der Waals surface area contributed by atoms with Gasteiger partial charge in [0.05, 0.1) is 24.9 Å². The van der Waals surface area contributed by atoms with Crippen LogP contribution in [0.5, 0.6) is 0 Å². The molecule has 0 saturated carbocycles. The van der Waals surface area contributed by atoms with E-state index < -0.39 is 11.7 Å². The number of rotatable bonds is 8. The number of hydrogen-bond donors (Lipinski definition) is 0. The maximum atomic E-state index is 12.8. The Balaban J connectivity index is 2.48. The summed E-state index contributed by atoms with van der Waals surface area (Å²) in [6, 6.07) is 5.52. The van der Waals surface area contributed by atoms with E-state index >= 15 is 0 Å². The Morgan fingerprint density at radius 3 is 2.50 bits per heavy atom. The molecule has 6 heteroatoms. The third kappa shape index (κ3) is 5.90. The SMILES string of the molecule is COCCOCOC(C)Cc1ccccc1C(F)(F)F. The van der Waals surface area contributed by atoms with Crippen LogP contribution in [0.4, 0.5) is 13.2 Å². The Labute approximate surface area is 116 Å². The molecule has 20 heavy (non-hydrogen) atoms. The summed E-state index contributed by atoms with van der Waals surface area (Å²) in [5, 5.41) is 0. The van der Waals surface area contributed by atoms with Crippen LogP contribution in [-0.2, 0) is 26.8 Å². The van der Waals surface area contributed by atoms with E-state index in [4.69, 9.17) is 14.2 Å². The Hall–Kier alpha value is -1.11. The second kappa shape index (κ2) is 8.24. The second-order valence-corrected chi connectivity index (χ2v) is 4.36. The molecule has 114 valence electrons. The minimum atomic E-state index is -4.34. The molecule has 0 spiro atoms. The highest BCUT2D eigenvalue weighted by Crippen LogP contribution is 2.32. The molecule has 1 aromatic carbocycles. The summed E-state index contributed by atoms with van der Waals surface area (Å²) in [5.74, 6) is 0. The van der Waals surface area contributed by atoms with Gasteiger partial charge in [0.2, 0.25) is 0 Å². The fraction of sp³-hybridized carbons (Fsp3) is 0.571. The van der Waals surface area contributed by atoms with Crippen molar-refractivity contribution in [3.05, 3.63) is 35.4 Å². The largest absolute Gasteiger partial charge is 0.416 e. The molecule has 1 rings (SSSR count). The van der Waals surface area contributed by atoms with Gasteiger partial charge in [0.15, 0.2) is 0 Å². The molecule has 1 unspecified atom stereocenters. The van der Waals surface area contributed by atoms with Crippen molar-refractivity contribution in [3.8, 4) is 0 Å². The van der Waals surface area contributed by atoms with Crippen LogP contribution in [0.3, 0.4) is 0 Å². The summed E-state index contributed by atoms with van der Waals surface area (Å²) < 4.78 is 53.6. The number of hydrogen-bond acceptors (Lipinski definition) is 3. The van der Waals surface area contributed by atoms with E-state index in [2.05, 4.69) is 0 Å². The molecule has 1 atom stereocenters. The van der Waals surface area contributed by atoms with Gasteiger partial charge in [-0.3, -0.25) is 0 Å². The van der Waals surface area contributed by atoms with Gasteiger partial charge in [-0.15, -0.1) is 0 Å². The smallest absolute Gasteiger partial charge is 0.382 e. The Bertz CT molecular complexity index is 393. The first kappa shape index (κ1) is 16.9. The van der Waals surface area contributed by atoms with E-state index in [1.807, 2.05) is 0 Å². The van der Waals surface area contributed by atoms with Crippen molar-refractivity contribution < 1.29 is 27.4 Å². The summed E-state index contributed by atoms with van der Waals surface area (Å²) in [6.07, 6.45) is -4.52. The topological polar surface area (TPSA) is 27.7 Å². The third-order valence-electron chi connectivity index (χ3n) is 2.70. The predicted octanol–water partition coefficient (Wildman–Crippen LogP) is 3.27. The van der Waals surface area contributed by atoms with Gasteiger partial charge < -0.3 is 14.2 Å². The zero-order valence-corrected chi connectivity index (χ0v) is 11.6. The van der Waals surface area contributed by atoms with Gasteiger partial charge in [-0.2, -0.15) is 13.2 Å². The first-order chi connectivity index (χ1) is 9.45. The van der Waals surface area contributed by atoms with Crippen molar-refractivity contribution in [1.29, 1.82) is 0 Å². The number of alkyl halides is 3. The molecular weight excluding hydrogens is 273 g/mol. The maximum Gasteiger partial charge on any atom is 0.416 e. The maximum absolute atomic E-state index is 12.8. The molecule has 0 N–H and O–H groups in total. The average molecular weight is 292 g/mol. The van der Waals surface area contributed by atoms with Crippen LogP contribution in [0.15, 0.2) is 24.3 Å². The normalized spacial score (nSPS) is 13.4. The Kier molecular flexibility index (Phi) is 6.98. The fourth-order valence-corrected chi connectivity index (χ4v) is 1.71. The summed E-state index contributed by atoms with van der Waals surface area (Å²) in [5.41, 5.74) is -0.389. The molecule has 0 aliphatic carbocycles. The molecule has 0 aliphatic rings. The third-order valence-corrected chi connectivity index (χ3v) is 2.70. The monoisotopic (exact) mass is 292 g/mol. The molecule has 0 bridgehead atoms. The standard InChI is InChI=1S/C14H19F3O3/c1-11(20-10-19-8-7-18-2)9-12-5-3-4-6-13(12)14(15,16)17/h3-6,11H,7-10H2,1-2H3. The van der Waals surface area contributed by atoms with Crippen molar-refractivity contribution >= 4 is 0 Å². The van der Waals surface area contributed by atoms with Crippen LogP contribution < -0.4 is 0 Å². The zero-order valence-electron chi connectivity index (χ0n) is 11.6. The number of halogens is 3. The van der Waals surface area contributed by atoms with Gasteiger partial charge in [-0.1, -0.05) is 18.2 Å². The molecule has 0 aromatic heterocycles. The summed E-state index contributed by atoms with van der Waals surface area (Å²) in [4.78, 5) is 0. The first-order valence-corrected chi connectivity index (χ1v) is 6.28. The van der Waals surface area contributed by atoms with E-state index in [-0.39, 0.29) is 24.9 Å². The van der Waals surface area contributed by atoms with E-state index in [1.54, 1.807) is 20.1 Å².